The van der Waals surface area contributed by atoms with E-state index in [1.165, 1.54) is 0 Å². The molecule has 0 aliphatic heterocycles. The van der Waals surface area contributed by atoms with E-state index in [0.717, 1.165) is 5.56 Å². The highest BCUT2D eigenvalue weighted by atomic mass is 19.4. The Labute approximate surface area is 104 Å². The molecule has 1 aromatic rings. The molecule has 0 saturated carbocycles. The summed E-state index contributed by atoms with van der Waals surface area (Å²) >= 11 is 0. The van der Waals surface area contributed by atoms with Gasteiger partial charge in [0.1, 0.15) is 0 Å². The maximum absolute atomic E-state index is 12.1. The third-order valence-corrected chi connectivity index (χ3v) is 2.52. The summed E-state index contributed by atoms with van der Waals surface area (Å²) < 4.78 is 36.2. The number of carbonyl (C=O) groups is 1. The molecule has 0 aliphatic carbocycles. The van der Waals surface area contributed by atoms with Crippen LogP contribution in [0.4, 0.5) is 13.2 Å². The van der Waals surface area contributed by atoms with Gasteiger partial charge in [0.15, 0.2) is 0 Å². The highest BCUT2D eigenvalue weighted by molar-refractivity contribution is 5.81. The summed E-state index contributed by atoms with van der Waals surface area (Å²) in [6, 6.07) is 8.76. The molecule has 1 atom stereocenters. The fourth-order valence-corrected chi connectivity index (χ4v) is 1.56. The Balaban J connectivity index is 2.69. The molecular formula is C12H15F3N2O. The van der Waals surface area contributed by atoms with Gasteiger partial charge >= 0.3 is 12.1 Å². The fraction of sp³-hybridized carbons (Fsp3) is 0.417. The van der Waals surface area contributed by atoms with Crippen LogP contribution in [0.15, 0.2) is 30.3 Å². The van der Waals surface area contributed by atoms with E-state index in [0.29, 0.717) is 0 Å². The summed E-state index contributed by atoms with van der Waals surface area (Å²) in [4.78, 5) is 12.5. The van der Waals surface area contributed by atoms with Crippen molar-refractivity contribution >= 4 is 5.91 Å². The monoisotopic (exact) mass is 260 g/mol. The van der Waals surface area contributed by atoms with Gasteiger partial charge in [0.05, 0.1) is 6.04 Å². The second-order valence-corrected chi connectivity index (χ2v) is 4.10. The number of nitrogens with zero attached hydrogens (tertiary/aromatic N) is 1. The van der Waals surface area contributed by atoms with Gasteiger partial charge in [-0.05, 0) is 19.7 Å². The van der Waals surface area contributed by atoms with Crippen LogP contribution in [0.25, 0.3) is 0 Å². The third kappa shape index (κ3) is 4.03. The quantitative estimate of drug-likeness (QED) is 0.897. The Morgan fingerprint density at radius 3 is 2.28 bits per heavy atom. The standard InChI is InChI=1S/C12H15F3N2O/c1-17(2)10(9-6-4-3-5-7-9)8-16-11(18)12(13,14)15/h3-7,10H,8H2,1-2H3,(H,16,18). The van der Waals surface area contributed by atoms with Crippen LogP contribution in [-0.4, -0.2) is 37.6 Å². The molecule has 1 N–H and O–H groups in total. The number of rotatable bonds is 4. The minimum Gasteiger partial charge on any atom is -0.346 e. The number of halogens is 3. The maximum Gasteiger partial charge on any atom is 0.471 e. The first-order valence-corrected chi connectivity index (χ1v) is 5.38. The number of hydrogen-bond donors (Lipinski definition) is 1. The smallest absolute Gasteiger partial charge is 0.346 e. The van der Waals surface area contributed by atoms with Crippen molar-refractivity contribution in [3.8, 4) is 0 Å². The molecule has 0 radical (unpaired) electrons. The molecule has 1 rings (SSSR count). The number of hydrogen-bond acceptors (Lipinski definition) is 2. The van der Waals surface area contributed by atoms with Crippen molar-refractivity contribution in [2.75, 3.05) is 20.6 Å². The van der Waals surface area contributed by atoms with E-state index in [-0.39, 0.29) is 12.6 Å². The topological polar surface area (TPSA) is 32.3 Å². The molecule has 0 saturated heterocycles. The van der Waals surface area contributed by atoms with E-state index in [4.69, 9.17) is 0 Å². The van der Waals surface area contributed by atoms with Crippen molar-refractivity contribution in [1.29, 1.82) is 0 Å². The fourth-order valence-electron chi connectivity index (χ4n) is 1.56. The Bertz CT molecular complexity index is 390. The van der Waals surface area contributed by atoms with Gasteiger partial charge in [-0.3, -0.25) is 4.79 Å². The number of alkyl halides is 3. The SMILES string of the molecule is CN(C)C(CNC(=O)C(F)(F)F)c1ccccc1. The number of benzene rings is 1. The van der Waals surface area contributed by atoms with Gasteiger partial charge < -0.3 is 10.2 Å². The molecule has 6 heteroatoms. The van der Waals surface area contributed by atoms with Gasteiger partial charge in [0.25, 0.3) is 0 Å². The van der Waals surface area contributed by atoms with E-state index >= 15 is 0 Å². The van der Waals surface area contributed by atoms with E-state index in [1.807, 2.05) is 23.5 Å². The number of likely N-dealkylation sites (N-methyl/N-ethyl adjacent to an activating group) is 1. The van der Waals surface area contributed by atoms with Gasteiger partial charge in [-0.1, -0.05) is 30.3 Å². The summed E-state index contributed by atoms with van der Waals surface area (Å²) in [5.41, 5.74) is 0.852. The first kappa shape index (κ1) is 14.5. The van der Waals surface area contributed by atoms with E-state index in [1.54, 1.807) is 31.1 Å². The minimum absolute atomic E-state index is 0.0879. The summed E-state index contributed by atoms with van der Waals surface area (Å²) in [7, 11) is 3.49. The predicted molar refractivity (Wildman–Crippen MR) is 61.9 cm³/mol. The molecule has 0 aromatic heterocycles. The van der Waals surface area contributed by atoms with Crippen molar-refractivity contribution in [3.05, 3.63) is 35.9 Å². The Kier molecular flexibility index (Phi) is 4.72. The van der Waals surface area contributed by atoms with Crippen molar-refractivity contribution in [3.63, 3.8) is 0 Å². The van der Waals surface area contributed by atoms with Crippen molar-refractivity contribution in [2.24, 2.45) is 0 Å². The average Bonchev–Trinajstić information content (AvgIpc) is 2.28. The molecule has 0 spiro atoms. The lowest BCUT2D eigenvalue weighted by Gasteiger charge is -2.25. The molecule has 0 bridgehead atoms. The molecule has 18 heavy (non-hydrogen) atoms. The molecule has 0 heterocycles. The van der Waals surface area contributed by atoms with Crippen LogP contribution in [0.1, 0.15) is 11.6 Å². The Hall–Kier alpha value is -1.56. The molecule has 1 aromatic carbocycles. The first-order valence-electron chi connectivity index (χ1n) is 5.38. The number of nitrogens with one attached hydrogen (secondary N) is 1. The zero-order valence-corrected chi connectivity index (χ0v) is 10.2. The average molecular weight is 260 g/mol. The Morgan fingerprint density at radius 2 is 1.83 bits per heavy atom. The highest BCUT2D eigenvalue weighted by Crippen LogP contribution is 2.18. The van der Waals surface area contributed by atoms with Gasteiger partial charge in [-0.2, -0.15) is 13.2 Å². The van der Waals surface area contributed by atoms with Crippen LogP contribution < -0.4 is 5.32 Å². The van der Waals surface area contributed by atoms with Gasteiger partial charge in [0.2, 0.25) is 0 Å². The molecule has 1 unspecified atom stereocenters. The van der Waals surface area contributed by atoms with E-state index in [2.05, 4.69) is 0 Å². The molecule has 100 valence electrons. The molecule has 0 fully saturated rings. The molecular weight excluding hydrogens is 245 g/mol. The van der Waals surface area contributed by atoms with Crippen LogP contribution in [0.2, 0.25) is 0 Å². The minimum atomic E-state index is -4.84. The largest absolute Gasteiger partial charge is 0.471 e. The zero-order valence-electron chi connectivity index (χ0n) is 10.2. The molecule has 0 aliphatic rings. The summed E-state index contributed by atoms with van der Waals surface area (Å²) in [6.07, 6.45) is -4.84. The van der Waals surface area contributed by atoms with Crippen LogP contribution in [0.5, 0.6) is 0 Å². The van der Waals surface area contributed by atoms with Crippen LogP contribution in [0, 0.1) is 0 Å². The van der Waals surface area contributed by atoms with Gasteiger partial charge in [0, 0.05) is 6.54 Å². The van der Waals surface area contributed by atoms with Gasteiger partial charge in [-0.25, -0.2) is 0 Å². The highest BCUT2D eigenvalue weighted by Gasteiger charge is 2.38. The first-order chi connectivity index (χ1) is 8.32. The van der Waals surface area contributed by atoms with Crippen molar-refractivity contribution < 1.29 is 18.0 Å². The van der Waals surface area contributed by atoms with E-state index in [9.17, 15) is 18.0 Å². The summed E-state index contributed by atoms with van der Waals surface area (Å²) in [5, 5.41) is 1.90. The predicted octanol–water partition coefficient (Wildman–Crippen LogP) is 1.97. The van der Waals surface area contributed by atoms with Crippen LogP contribution in [0.3, 0.4) is 0 Å². The summed E-state index contributed by atoms with van der Waals surface area (Å²) in [6.45, 7) is -0.0879. The molecule has 3 nitrogen and oxygen atoms in total. The Morgan fingerprint density at radius 1 is 1.28 bits per heavy atom. The summed E-state index contributed by atoms with van der Waals surface area (Å²) in [5.74, 6) is -1.91. The maximum atomic E-state index is 12.1. The third-order valence-electron chi connectivity index (χ3n) is 2.52. The zero-order chi connectivity index (χ0) is 13.8. The van der Waals surface area contributed by atoms with E-state index < -0.39 is 12.1 Å². The normalized spacial score (nSPS) is 13.4. The van der Waals surface area contributed by atoms with Gasteiger partial charge in [-0.15, -0.1) is 0 Å². The second kappa shape index (κ2) is 5.86. The van der Waals surface area contributed by atoms with Crippen molar-refractivity contribution in [2.45, 2.75) is 12.2 Å². The van der Waals surface area contributed by atoms with Crippen LogP contribution >= 0.6 is 0 Å². The second-order valence-electron chi connectivity index (χ2n) is 4.10. The van der Waals surface area contributed by atoms with Crippen LogP contribution in [-0.2, 0) is 4.79 Å². The number of carbonyl (C=O) groups excluding carboxylic acids is 1. The number of amides is 1. The molecule has 1 amide bonds. The van der Waals surface area contributed by atoms with Crippen molar-refractivity contribution in [1.82, 2.24) is 10.2 Å². The lowest BCUT2D eigenvalue weighted by atomic mass is 10.1. The lowest BCUT2D eigenvalue weighted by molar-refractivity contribution is -0.173. The lowest BCUT2D eigenvalue weighted by Crippen LogP contribution is -2.41.